The first-order chi connectivity index (χ1) is 12.0. The van der Waals surface area contributed by atoms with Crippen LogP contribution in [0.1, 0.15) is 24.1 Å². The smallest absolute Gasteiger partial charge is 0.175 e. The van der Waals surface area contributed by atoms with E-state index in [4.69, 9.17) is 16.1 Å². The van der Waals surface area contributed by atoms with Crippen LogP contribution in [0.4, 0.5) is 0 Å². The number of phenols is 2. The lowest BCUT2D eigenvalue weighted by Crippen LogP contribution is -2.45. The van der Waals surface area contributed by atoms with E-state index in [-0.39, 0.29) is 41.3 Å². The standard InChI is InChI=1S/C18H22ClN3O3.2ClH/c1-21-5-2-11(3-6-21)22-7-4-15-13(10-22)18(25-20-15)12-8-14(19)17(24)9-16(12)23;;/h8-9,11,23-24H,2-7,10H2,1H3;2*1H. The predicted octanol–water partition coefficient (Wildman–Crippen LogP) is 3.70. The molecule has 2 aliphatic heterocycles. The number of aromatic nitrogens is 1. The van der Waals surface area contributed by atoms with Crippen molar-refractivity contribution < 1.29 is 14.7 Å². The minimum Gasteiger partial charge on any atom is -0.507 e. The van der Waals surface area contributed by atoms with Crippen molar-refractivity contribution in [1.29, 1.82) is 0 Å². The second kappa shape index (κ2) is 8.88. The number of halogens is 3. The molecule has 0 amide bonds. The largest absolute Gasteiger partial charge is 0.507 e. The summed E-state index contributed by atoms with van der Waals surface area (Å²) in [6.45, 7) is 3.99. The van der Waals surface area contributed by atoms with Gasteiger partial charge >= 0.3 is 0 Å². The highest BCUT2D eigenvalue weighted by Gasteiger charge is 2.31. The van der Waals surface area contributed by atoms with Gasteiger partial charge in [-0.05, 0) is 39.0 Å². The number of hydrogen-bond acceptors (Lipinski definition) is 6. The van der Waals surface area contributed by atoms with Crippen molar-refractivity contribution >= 4 is 36.4 Å². The molecule has 0 unspecified atom stereocenters. The van der Waals surface area contributed by atoms with Gasteiger partial charge in [0.1, 0.15) is 11.5 Å². The van der Waals surface area contributed by atoms with Crippen LogP contribution in [0.2, 0.25) is 5.02 Å². The molecule has 6 nitrogen and oxygen atoms in total. The zero-order chi connectivity index (χ0) is 17.6. The van der Waals surface area contributed by atoms with Crippen molar-refractivity contribution in [2.45, 2.75) is 31.8 Å². The molecule has 1 fully saturated rings. The van der Waals surface area contributed by atoms with Crippen molar-refractivity contribution in [3.8, 4) is 22.8 Å². The molecule has 1 aromatic carbocycles. The summed E-state index contributed by atoms with van der Waals surface area (Å²) in [5.41, 5.74) is 2.44. The summed E-state index contributed by atoms with van der Waals surface area (Å²) in [5.74, 6) is 0.341. The first kappa shape index (κ1) is 22.1. The Balaban J connectivity index is 0.00000131. The predicted molar refractivity (Wildman–Crippen MR) is 109 cm³/mol. The Hall–Kier alpha value is -1.18. The van der Waals surface area contributed by atoms with Crippen LogP contribution in [-0.4, -0.2) is 57.9 Å². The monoisotopic (exact) mass is 435 g/mol. The number of rotatable bonds is 2. The van der Waals surface area contributed by atoms with E-state index in [1.165, 1.54) is 25.0 Å². The van der Waals surface area contributed by atoms with Crippen LogP contribution in [0, 0.1) is 0 Å². The fourth-order valence-electron chi connectivity index (χ4n) is 3.85. The van der Waals surface area contributed by atoms with Gasteiger partial charge in [0.2, 0.25) is 0 Å². The molecular formula is C18H24Cl3N3O3. The van der Waals surface area contributed by atoms with Gasteiger partial charge in [-0.3, -0.25) is 4.90 Å². The normalized spacial score (nSPS) is 18.4. The summed E-state index contributed by atoms with van der Waals surface area (Å²) >= 11 is 6.01. The van der Waals surface area contributed by atoms with Gasteiger partial charge in [0, 0.05) is 37.2 Å². The van der Waals surface area contributed by atoms with E-state index in [1.807, 2.05) is 0 Å². The number of hydrogen-bond donors (Lipinski definition) is 2. The van der Waals surface area contributed by atoms with E-state index in [0.717, 1.165) is 43.9 Å². The van der Waals surface area contributed by atoms with Crippen LogP contribution in [0.15, 0.2) is 16.7 Å². The molecule has 0 atom stereocenters. The minimum atomic E-state index is -0.149. The highest BCUT2D eigenvalue weighted by molar-refractivity contribution is 6.32. The van der Waals surface area contributed by atoms with E-state index in [0.29, 0.717) is 17.4 Å². The first-order valence-corrected chi connectivity index (χ1v) is 9.02. The van der Waals surface area contributed by atoms with Gasteiger partial charge in [0.15, 0.2) is 5.76 Å². The van der Waals surface area contributed by atoms with E-state index < -0.39 is 0 Å². The summed E-state index contributed by atoms with van der Waals surface area (Å²) in [7, 11) is 2.17. The maximum atomic E-state index is 10.2. The number of phenolic OH excluding ortho intramolecular Hbond substituents is 2. The Morgan fingerprint density at radius 1 is 1.11 bits per heavy atom. The van der Waals surface area contributed by atoms with Gasteiger partial charge in [-0.15, -0.1) is 24.8 Å². The Bertz CT molecular complexity index is 792. The molecule has 0 saturated carbocycles. The Morgan fingerprint density at radius 2 is 1.81 bits per heavy atom. The summed E-state index contributed by atoms with van der Waals surface area (Å²) in [6, 6.07) is 3.34. The molecule has 27 heavy (non-hydrogen) atoms. The molecule has 2 aromatic rings. The van der Waals surface area contributed by atoms with E-state index in [2.05, 4.69) is 22.0 Å². The molecule has 150 valence electrons. The third-order valence-electron chi connectivity index (χ3n) is 5.38. The molecule has 9 heteroatoms. The average Bonchev–Trinajstić information content (AvgIpc) is 3.02. The molecule has 4 rings (SSSR count). The summed E-state index contributed by atoms with van der Waals surface area (Å²) in [6.07, 6.45) is 3.18. The minimum absolute atomic E-state index is 0. The third kappa shape index (κ3) is 4.30. The molecule has 0 aliphatic carbocycles. The second-order valence-electron chi connectivity index (χ2n) is 7.01. The zero-order valence-corrected chi connectivity index (χ0v) is 17.4. The second-order valence-corrected chi connectivity index (χ2v) is 7.42. The van der Waals surface area contributed by atoms with Gasteiger partial charge < -0.3 is 19.6 Å². The van der Waals surface area contributed by atoms with Crippen LogP contribution in [0.3, 0.4) is 0 Å². The number of aromatic hydroxyl groups is 2. The maximum absolute atomic E-state index is 10.2. The van der Waals surface area contributed by atoms with Gasteiger partial charge in [-0.25, -0.2) is 0 Å². The Morgan fingerprint density at radius 3 is 2.52 bits per heavy atom. The molecule has 2 N–H and O–H groups in total. The number of likely N-dealkylation sites (tertiary alicyclic amines) is 1. The number of benzene rings is 1. The van der Waals surface area contributed by atoms with Crippen molar-refractivity contribution in [3.05, 3.63) is 28.4 Å². The van der Waals surface area contributed by atoms with Crippen molar-refractivity contribution in [3.63, 3.8) is 0 Å². The van der Waals surface area contributed by atoms with Crippen molar-refractivity contribution in [1.82, 2.24) is 15.0 Å². The fourth-order valence-corrected chi connectivity index (χ4v) is 4.01. The Labute approximate surface area is 175 Å². The van der Waals surface area contributed by atoms with E-state index in [9.17, 15) is 10.2 Å². The zero-order valence-electron chi connectivity index (χ0n) is 15.0. The number of nitrogens with zero attached hydrogens (tertiary/aromatic N) is 3. The number of fused-ring (bicyclic) bond motifs is 1. The quantitative estimate of drug-likeness (QED) is 0.748. The summed E-state index contributed by atoms with van der Waals surface area (Å²) in [4.78, 5) is 4.86. The lowest BCUT2D eigenvalue weighted by Gasteiger charge is -2.38. The SMILES string of the molecule is CN1CCC(N2CCc3noc(-c4cc(Cl)c(O)cc4O)c3C2)CC1.Cl.Cl. The van der Waals surface area contributed by atoms with Crippen LogP contribution in [0.5, 0.6) is 11.5 Å². The fraction of sp³-hybridized carbons (Fsp3) is 0.500. The molecule has 0 bridgehead atoms. The van der Waals surface area contributed by atoms with Crippen molar-refractivity contribution in [2.75, 3.05) is 26.7 Å². The van der Waals surface area contributed by atoms with Crippen LogP contribution >= 0.6 is 36.4 Å². The van der Waals surface area contributed by atoms with Gasteiger partial charge in [0.05, 0.1) is 16.3 Å². The topological polar surface area (TPSA) is 73.0 Å². The molecule has 2 aliphatic rings. The van der Waals surface area contributed by atoms with E-state index in [1.54, 1.807) is 0 Å². The van der Waals surface area contributed by atoms with Crippen molar-refractivity contribution in [2.24, 2.45) is 0 Å². The molecular weight excluding hydrogens is 413 g/mol. The molecule has 1 saturated heterocycles. The van der Waals surface area contributed by atoms with Gasteiger partial charge in [0.25, 0.3) is 0 Å². The first-order valence-electron chi connectivity index (χ1n) is 8.65. The van der Waals surface area contributed by atoms with Gasteiger partial charge in [-0.1, -0.05) is 16.8 Å². The number of piperidine rings is 1. The van der Waals surface area contributed by atoms with E-state index >= 15 is 0 Å². The lowest BCUT2D eigenvalue weighted by molar-refractivity contribution is 0.109. The highest BCUT2D eigenvalue weighted by atomic mass is 35.5. The summed E-state index contributed by atoms with van der Waals surface area (Å²) < 4.78 is 5.55. The maximum Gasteiger partial charge on any atom is 0.175 e. The molecule has 1 aromatic heterocycles. The lowest BCUT2D eigenvalue weighted by atomic mass is 9.96. The summed E-state index contributed by atoms with van der Waals surface area (Å²) in [5, 5.41) is 24.2. The molecule has 3 heterocycles. The van der Waals surface area contributed by atoms with Crippen LogP contribution in [0.25, 0.3) is 11.3 Å². The molecule has 0 spiro atoms. The highest BCUT2D eigenvalue weighted by Crippen LogP contribution is 2.40. The third-order valence-corrected chi connectivity index (χ3v) is 5.68. The van der Waals surface area contributed by atoms with Crippen LogP contribution in [-0.2, 0) is 13.0 Å². The Kier molecular flexibility index (Phi) is 7.27. The van der Waals surface area contributed by atoms with Crippen LogP contribution < -0.4 is 0 Å². The average molecular weight is 437 g/mol. The molecule has 0 radical (unpaired) electrons. The van der Waals surface area contributed by atoms with Gasteiger partial charge in [-0.2, -0.15) is 0 Å².